The van der Waals surface area contributed by atoms with E-state index in [1.165, 1.54) is 51.4 Å². The molecule has 4 aliphatic rings. The van der Waals surface area contributed by atoms with E-state index in [2.05, 4.69) is 54.5 Å². The Morgan fingerprint density at radius 1 is 0.967 bits per heavy atom. The minimum atomic E-state index is -0.119. The first kappa shape index (κ1) is 22.9. The SMILES string of the molecule is CC(C)CCCC(C)[C@H]1CC[C@H]2[C@@H]3CC=C4C(C)(C)C[C@H](O)C[C@]4(C)[C@H]3CC[C@]12C. The minimum absolute atomic E-state index is 0.119. The number of hydrogen-bond acceptors (Lipinski definition) is 1. The van der Waals surface area contributed by atoms with E-state index in [1.807, 2.05) is 0 Å². The molecule has 1 unspecified atom stereocenters. The second kappa shape index (κ2) is 7.93. The molecule has 0 heterocycles. The number of fused-ring (bicyclic) bond motifs is 5. The first-order valence-electron chi connectivity index (χ1n) is 13.4. The molecule has 8 atom stereocenters. The smallest absolute Gasteiger partial charge is 0.0556 e. The Morgan fingerprint density at radius 3 is 2.40 bits per heavy atom. The topological polar surface area (TPSA) is 20.2 Å². The molecule has 3 saturated carbocycles. The molecule has 1 N–H and O–H groups in total. The third-order valence-corrected chi connectivity index (χ3v) is 10.8. The molecule has 0 bridgehead atoms. The van der Waals surface area contributed by atoms with E-state index in [0.717, 1.165) is 48.3 Å². The van der Waals surface area contributed by atoms with Gasteiger partial charge in [0, 0.05) is 0 Å². The summed E-state index contributed by atoms with van der Waals surface area (Å²) in [4.78, 5) is 0. The van der Waals surface area contributed by atoms with Crippen molar-refractivity contribution >= 4 is 0 Å². The molecule has 4 aliphatic carbocycles. The lowest BCUT2D eigenvalue weighted by molar-refractivity contribution is -0.0778. The van der Waals surface area contributed by atoms with Gasteiger partial charge in [0.2, 0.25) is 0 Å². The maximum atomic E-state index is 10.8. The zero-order valence-corrected chi connectivity index (χ0v) is 21.1. The number of allylic oxidation sites excluding steroid dienone is 2. The number of hydrogen-bond donors (Lipinski definition) is 1. The largest absolute Gasteiger partial charge is 0.393 e. The van der Waals surface area contributed by atoms with Crippen LogP contribution < -0.4 is 0 Å². The van der Waals surface area contributed by atoms with Crippen molar-refractivity contribution in [2.45, 2.75) is 119 Å². The van der Waals surface area contributed by atoms with E-state index in [-0.39, 0.29) is 16.9 Å². The van der Waals surface area contributed by atoms with Gasteiger partial charge in [-0.05, 0) is 96.7 Å². The van der Waals surface area contributed by atoms with Gasteiger partial charge in [-0.15, -0.1) is 0 Å². The van der Waals surface area contributed by atoms with Crippen LogP contribution in [0.3, 0.4) is 0 Å². The van der Waals surface area contributed by atoms with Crippen LogP contribution in [0.15, 0.2) is 11.6 Å². The van der Waals surface area contributed by atoms with E-state index >= 15 is 0 Å². The lowest BCUT2D eigenvalue weighted by Gasteiger charge is -2.61. The van der Waals surface area contributed by atoms with Gasteiger partial charge in [-0.2, -0.15) is 0 Å². The van der Waals surface area contributed by atoms with Crippen molar-refractivity contribution in [1.29, 1.82) is 0 Å². The summed E-state index contributed by atoms with van der Waals surface area (Å²) < 4.78 is 0. The lowest BCUT2D eigenvalue weighted by atomic mass is 9.44. The Hall–Kier alpha value is -0.300. The van der Waals surface area contributed by atoms with Crippen LogP contribution in [-0.2, 0) is 0 Å². The van der Waals surface area contributed by atoms with Gasteiger partial charge in [0.15, 0.2) is 0 Å². The molecule has 30 heavy (non-hydrogen) atoms. The Labute approximate surface area is 187 Å². The zero-order chi connectivity index (χ0) is 21.9. The molecule has 0 radical (unpaired) electrons. The highest BCUT2D eigenvalue weighted by atomic mass is 16.3. The normalized spacial score (nSPS) is 46.0. The quantitative estimate of drug-likeness (QED) is 0.451. The average Bonchev–Trinajstić information content (AvgIpc) is 2.97. The summed E-state index contributed by atoms with van der Waals surface area (Å²) in [5.41, 5.74) is 2.65. The fourth-order valence-electron chi connectivity index (χ4n) is 9.69. The van der Waals surface area contributed by atoms with Gasteiger partial charge in [0.25, 0.3) is 0 Å². The minimum Gasteiger partial charge on any atom is -0.393 e. The Morgan fingerprint density at radius 2 is 1.70 bits per heavy atom. The zero-order valence-electron chi connectivity index (χ0n) is 21.1. The Kier molecular flexibility index (Phi) is 6.05. The predicted octanol–water partition coefficient (Wildman–Crippen LogP) is 8.02. The number of aliphatic hydroxyl groups is 1. The lowest BCUT2D eigenvalue weighted by Crippen LogP contribution is -2.54. The standard InChI is InChI=1S/C29H50O/c1-19(2)9-8-10-20(3)23-12-13-24-22-11-14-26-27(4,5)17-21(30)18-29(26,7)25(22)15-16-28(23,24)6/h14,19-25,30H,8-13,15-18H2,1-7H3/t20?,21-,22-,23+,24-,25-,28+,29+/m0/s1. The monoisotopic (exact) mass is 414 g/mol. The molecule has 0 aromatic carbocycles. The second-order valence-corrected chi connectivity index (χ2v) is 13.6. The highest BCUT2D eigenvalue weighted by Gasteiger charge is 2.60. The van der Waals surface area contributed by atoms with Gasteiger partial charge >= 0.3 is 0 Å². The summed E-state index contributed by atoms with van der Waals surface area (Å²) >= 11 is 0. The molecule has 0 aromatic heterocycles. The summed E-state index contributed by atoms with van der Waals surface area (Å²) in [5.74, 6) is 5.22. The van der Waals surface area contributed by atoms with Crippen LogP contribution in [0.4, 0.5) is 0 Å². The molecule has 1 nitrogen and oxygen atoms in total. The van der Waals surface area contributed by atoms with E-state index in [0.29, 0.717) is 5.41 Å². The van der Waals surface area contributed by atoms with Crippen molar-refractivity contribution in [2.24, 2.45) is 51.8 Å². The predicted molar refractivity (Wildman–Crippen MR) is 128 cm³/mol. The first-order valence-corrected chi connectivity index (χ1v) is 13.4. The van der Waals surface area contributed by atoms with Crippen molar-refractivity contribution in [3.05, 3.63) is 11.6 Å². The van der Waals surface area contributed by atoms with Crippen LogP contribution in [0.25, 0.3) is 0 Å². The summed E-state index contributed by atoms with van der Waals surface area (Å²) in [7, 11) is 0. The van der Waals surface area contributed by atoms with Crippen molar-refractivity contribution in [3.8, 4) is 0 Å². The fraction of sp³-hybridized carbons (Fsp3) is 0.931. The van der Waals surface area contributed by atoms with Gasteiger partial charge in [-0.25, -0.2) is 0 Å². The summed E-state index contributed by atoms with van der Waals surface area (Å²) in [6.45, 7) is 17.3. The van der Waals surface area contributed by atoms with Crippen LogP contribution in [0.5, 0.6) is 0 Å². The van der Waals surface area contributed by atoms with Crippen LogP contribution in [0, 0.1) is 51.8 Å². The van der Waals surface area contributed by atoms with Crippen LogP contribution in [0.2, 0.25) is 0 Å². The van der Waals surface area contributed by atoms with Crippen LogP contribution in [0.1, 0.15) is 113 Å². The highest BCUT2D eigenvalue weighted by Crippen LogP contribution is 2.68. The summed E-state index contributed by atoms with van der Waals surface area (Å²) in [5, 5.41) is 10.8. The number of aliphatic hydroxyl groups excluding tert-OH is 1. The molecular formula is C29H50O. The molecule has 0 saturated heterocycles. The summed E-state index contributed by atoms with van der Waals surface area (Å²) in [6.07, 6.45) is 15.8. The molecule has 0 aromatic rings. The molecule has 4 rings (SSSR count). The molecular weight excluding hydrogens is 364 g/mol. The van der Waals surface area contributed by atoms with Gasteiger partial charge in [0.1, 0.15) is 0 Å². The molecule has 0 amide bonds. The molecule has 1 heteroatoms. The maximum absolute atomic E-state index is 10.8. The van der Waals surface area contributed by atoms with E-state index in [1.54, 1.807) is 5.57 Å². The van der Waals surface area contributed by atoms with Crippen molar-refractivity contribution in [1.82, 2.24) is 0 Å². The van der Waals surface area contributed by atoms with Gasteiger partial charge in [0.05, 0.1) is 6.10 Å². The van der Waals surface area contributed by atoms with Crippen molar-refractivity contribution in [3.63, 3.8) is 0 Å². The van der Waals surface area contributed by atoms with Crippen molar-refractivity contribution in [2.75, 3.05) is 0 Å². The molecule has 0 aliphatic heterocycles. The Balaban J connectivity index is 1.54. The van der Waals surface area contributed by atoms with Crippen molar-refractivity contribution < 1.29 is 5.11 Å². The van der Waals surface area contributed by atoms with E-state index in [4.69, 9.17) is 0 Å². The van der Waals surface area contributed by atoms with Gasteiger partial charge in [-0.1, -0.05) is 79.4 Å². The molecule has 3 fully saturated rings. The van der Waals surface area contributed by atoms with E-state index in [9.17, 15) is 5.11 Å². The average molecular weight is 415 g/mol. The first-order chi connectivity index (χ1) is 14.0. The maximum Gasteiger partial charge on any atom is 0.0556 e. The van der Waals surface area contributed by atoms with E-state index < -0.39 is 0 Å². The van der Waals surface area contributed by atoms with Gasteiger partial charge < -0.3 is 5.11 Å². The Bertz CT molecular complexity index is 659. The molecule has 172 valence electrons. The van der Waals surface area contributed by atoms with Crippen LogP contribution >= 0.6 is 0 Å². The third-order valence-electron chi connectivity index (χ3n) is 10.8. The summed E-state index contributed by atoms with van der Waals surface area (Å²) in [6, 6.07) is 0. The highest BCUT2D eigenvalue weighted by molar-refractivity contribution is 5.30. The van der Waals surface area contributed by atoms with Crippen LogP contribution in [-0.4, -0.2) is 11.2 Å². The third kappa shape index (κ3) is 3.64. The second-order valence-electron chi connectivity index (χ2n) is 13.6. The molecule has 0 spiro atoms. The number of rotatable bonds is 5. The van der Waals surface area contributed by atoms with Gasteiger partial charge in [-0.3, -0.25) is 0 Å². The fourth-order valence-corrected chi connectivity index (χ4v) is 9.69.